The summed E-state index contributed by atoms with van der Waals surface area (Å²) >= 11 is 0. The maximum Gasteiger partial charge on any atom is 0.0783 e. The molecule has 1 rings (SSSR count). The third-order valence-electron chi connectivity index (χ3n) is 2.04. The van der Waals surface area contributed by atoms with Crippen LogP contribution in [-0.2, 0) is 0 Å². The fraction of sp³-hybridized carbons (Fsp3) is 0.273. The molecule has 0 heterocycles. The Morgan fingerprint density at radius 1 is 1.15 bits per heavy atom. The number of rotatable bonds is 2. The van der Waals surface area contributed by atoms with Gasteiger partial charge in [-0.3, -0.25) is 0 Å². The lowest BCUT2D eigenvalue weighted by Gasteiger charge is -2.19. The van der Waals surface area contributed by atoms with E-state index in [1.165, 1.54) is 10.8 Å². The number of hydrogen-bond donors (Lipinski definition) is 1. The molecule has 2 N–H and O–H groups in total. The van der Waals surface area contributed by atoms with E-state index in [2.05, 4.69) is 43.9 Å². The smallest absolute Gasteiger partial charge is 0.0783 e. The Morgan fingerprint density at radius 2 is 1.77 bits per heavy atom. The predicted octanol–water partition coefficient (Wildman–Crippen LogP) is 2.16. The fourth-order valence-electron chi connectivity index (χ4n) is 1.43. The minimum Gasteiger partial charge on any atom is -0.405 e. The molecule has 0 aliphatic rings. The molecular weight excluding hydrogens is 174 g/mol. The van der Waals surface area contributed by atoms with Gasteiger partial charge in [0.05, 0.1) is 8.07 Å². The van der Waals surface area contributed by atoms with Gasteiger partial charge >= 0.3 is 0 Å². The summed E-state index contributed by atoms with van der Waals surface area (Å²) in [4.78, 5) is 0. The summed E-state index contributed by atoms with van der Waals surface area (Å²) in [6.45, 7) is 7.03. The average molecular weight is 191 g/mol. The van der Waals surface area contributed by atoms with Crippen molar-refractivity contribution in [1.29, 1.82) is 0 Å². The maximum atomic E-state index is 5.41. The predicted molar refractivity (Wildman–Crippen MR) is 62.6 cm³/mol. The molecule has 0 saturated heterocycles. The van der Waals surface area contributed by atoms with Gasteiger partial charge < -0.3 is 5.73 Å². The van der Waals surface area contributed by atoms with Gasteiger partial charge in [0, 0.05) is 0 Å². The zero-order chi connectivity index (χ0) is 9.90. The van der Waals surface area contributed by atoms with Crippen LogP contribution in [0.25, 0.3) is 6.08 Å². The molecule has 0 aromatic heterocycles. The molecule has 13 heavy (non-hydrogen) atoms. The topological polar surface area (TPSA) is 26.0 Å². The summed E-state index contributed by atoms with van der Waals surface area (Å²) in [7, 11) is -1.22. The normalized spacial score (nSPS) is 12.2. The van der Waals surface area contributed by atoms with Crippen molar-refractivity contribution in [1.82, 2.24) is 0 Å². The summed E-state index contributed by atoms with van der Waals surface area (Å²) in [5, 5.41) is 1.47. The van der Waals surface area contributed by atoms with E-state index in [4.69, 9.17) is 5.73 Å². The van der Waals surface area contributed by atoms with Gasteiger partial charge in [-0.25, -0.2) is 0 Å². The van der Waals surface area contributed by atoms with E-state index in [9.17, 15) is 0 Å². The third-order valence-corrected chi connectivity index (χ3v) is 4.12. The van der Waals surface area contributed by atoms with E-state index in [0.717, 1.165) is 0 Å². The Hall–Kier alpha value is -1.02. The van der Waals surface area contributed by atoms with Crippen LogP contribution in [0.4, 0.5) is 0 Å². The van der Waals surface area contributed by atoms with E-state index in [1.54, 1.807) is 6.20 Å². The SMILES string of the molecule is C[Si](C)(C)c1ccccc1C=CN. The largest absolute Gasteiger partial charge is 0.405 e. The van der Waals surface area contributed by atoms with Crippen LogP contribution in [0.15, 0.2) is 30.5 Å². The van der Waals surface area contributed by atoms with Crippen molar-refractivity contribution in [3.8, 4) is 0 Å². The zero-order valence-electron chi connectivity index (χ0n) is 8.54. The molecule has 0 atom stereocenters. The van der Waals surface area contributed by atoms with Gasteiger partial charge in [0.1, 0.15) is 0 Å². The molecule has 0 aliphatic carbocycles. The van der Waals surface area contributed by atoms with Gasteiger partial charge in [-0.2, -0.15) is 0 Å². The quantitative estimate of drug-likeness (QED) is 0.712. The number of benzene rings is 1. The van der Waals surface area contributed by atoms with Gasteiger partial charge in [-0.05, 0) is 17.8 Å². The van der Waals surface area contributed by atoms with Crippen LogP contribution in [0.1, 0.15) is 5.56 Å². The Morgan fingerprint density at radius 3 is 2.31 bits per heavy atom. The van der Waals surface area contributed by atoms with Crippen LogP contribution >= 0.6 is 0 Å². The van der Waals surface area contributed by atoms with Crippen molar-refractivity contribution in [2.45, 2.75) is 19.6 Å². The highest BCUT2D eigenvalue weighted by Gasteiger charge is 2.18. The third kappa shape index (κ3) is 2.46. The van der Waals surface area contributed by atoms with Gasteiger partial charge in [-0.1, -0.05) is 49.1 Å². The van der Waals surface area contributed by atoms with Crippen molar-refractivity contribution in [3.63, 3.8) is 0 Å². The lowest BCUT2D eigenvalue weighted by Crippen LogP contribution is -2.39. The van der Waals surface area contributed by atoms with Crippen molar-refractivity contribution >= 4 is 19.3 Å². The monoisotopic (exact) mass is 191 g/mol. The lowest BCUT2D eigenvalue weighted by molar-refractivity contribution is 1.60. The highest BCUT2D eigenvalue weighted by molar-refractivity contribution is 6.89. The van der Waals surface area contributed by atoms with Crippen LogP contribution in [-0.4, -0.2) is 8.07 Å². The summed E-state index contributed by atoms with van der Waals surface area (Å²) < 4.78 is 0. The first-order valence-corrected chi connectivity index (χ1v) is 8.03. The fourth-order valence-corrected chi connectivity index (χ4v) is 3.06. The molecule has 0 aliphatic heterocycles. The van der Waals surface area contributed by atoms with Crippen LogP contribution in [0, 0.1) is 0 Å². The van der Waals surface area contributed by atoms with Gasteiger partial charge in [-0.15, -0.1) is 0 Å². The molecule has 2 heteroatoms. The highest BCUT2D eigenvalue weighted by atomic mass is 28.3. The van der Waals surface area contributed by atoms with Crippen molar-refractivity contribution in [3.05, 3.63) is 36.0 Å². The number of nitrogens with two attached hydrogens (primary N) is 1. The summed E-state index contributed by atoms with van der Waals surface area (Å²) in [5.41, 5.74) is 6.68. The molecular formula is C11H17NSi. The summed E-state index contributed by atoms with van der Waals surface area (Å²) in [6, 6.07) is 8.49. The summed E-state index contributed by atoms with van der Waals surface area (Å²) in [6.07, 6.45) is 3.59. The van der Waals surface area contributed by atoms with Crippen LogP contribution in [0.3, 0.4) is 0 Å². The van der Waals surface area contributed by atoms with E-state index in [1.807, 2.05) is 6.08 Å². The highest BCUT2D eigenvalue weighted by Crippen LogP contribution is 2.08. The molecule has 1 nitrogen and oxygen atoms in total. The first kappa shape index (κ1) is 10.1. The standard InChI is InChI=1S/C11H17NSi/c1-13(2,3)11-7-5-4-6-10(11)8-9-12/h4-9H,12H2,1-3H3. The molecule has 0 fully saturated rings. The molecule has 1 aromatic rings. The second-order valence-corrected chi connectivity index (χ2v) is 9.24. The van der Waals surface area contributed by atoms with Crippen molar-refractivity contribution in [2.75, 3.05) is 0 Å². The molecule has 1 aromatic carbocycles. The van der Waals surface area contributed by atoms with E-state index >= 15 is 0 Å². The van der Waals surface area contributed by atoms with E-state index < -0.39 is 8.07 Å². The average Bonchev–Trinajstić information content (AvgIpc) is 2.04. The molecule has 0 bridgehead atoms. The minimum absolute atomic E-state index is 1.22. The number of hydrogen-bond acceptors (Lipinski definition) is 1. The van der Waals surface area contributed by atoms with Crippen LogP contribution in [0.2, 0.25) is 19.6 Å². The van der Waals surface area contributed by atoms with Crippen molar-refractivity contribution in [2.24, 2.45) is 5.73 Å². The second kappa shape index (κ2) is 3.79. The Bertz CT molecular complexity index is 310. The molecule has 0 saturated carbocycles. The second-order valence-electron chi connectivity index (χ2n) is 4.20. The minimum atomic E-state index is -1.22. The van der Waals surface area contributed by atoms with Gasteiger partial charge in [0.15, 0.2) is 0 Å². The first-order chi connectivity index (χ1) is 6.05. The zero-order valence-corrected chi connectivity index (χ0v) is 9.54. The molecule has 0 spiro atoms. The molecule has 0 unspecified atom stereocenters. The molecule has 0 amide bonds. The lowest BCUT2D eigenvalue weighted by atomic mass is 10.2. The maximum absolute atomic E-state index is 5.41. The van der Waals surface area contributed by atoms with Gasteiger partial charge in [0.2, 0.25) is 0 Å². The molecule has 0 radical (unpaired) electrons. The van der Waals surface area contributed by atoms with E-state index in [0.29, 0.717) is 0 Å². The van der Waals surface area contributed by atoms with Crippen LogP contribution < -0.4 is 10.9 Å². The summed E-state index contributed by atoms with van der Waals surface area (Å²) in [5.74, 6) is 0. The Balaban J connectivity index is 3.20. The van der Waals surface area contributed by atoms with Gasteiger partial charge in [0.25, 0.3) is 0 Å². The van der Waals surface area contributed by atoms with Crippen LogP contribution in [0.5, 0.6) is 0 Å². The molecule has 70 valence electrons. The van der Waals surface area contributed by atoms with Crippen molar-refractivity contribution < 1.29 is 0 Å². The van der Waals surface area contributed by atoms with E-state index in [-0.39, 0.29) is 0 Å². The Labute approximate surface area is 81.3 Å². The first-order valence-electron chi connectivity index (χ1n) is 4.53. The Kier molecular flexibility index (Phi) is 2.93.